The molecule has 138 valence electrons. The second-order valence-electron chi connectivity index (χ2n) is 8.41. The molecule has 0 bridgehead atoms. The lowest BCUT2D eigenvalue weighted by Crippen LogP contribution is -2.38. The van der Waals surface area contributed by atoms with Crippen molar-refractivity contribution in [2.24, 2.45) is 5.41 Å². The summed E-state index contributed by atoms with van der Waals surface area (Å²) in [5.74, 6) is 0.154. The van der Waals surface area contributed by atoms with Crippen molar-refractivity contribution in [1.82, 2.24) is 19.9 Å². The molecule has 0 radical (unpaired) electrons. The van der Waals surface area contributed by atoms with Gasteiger partial charge in [0.15, 0.2) is 0 Å². The number of carbonyl (C=O) groups is 1. The molecule has 1 aromatic carbocycles. The predicted octanol–water partition coefficient (Wildman–Crippen LogP) is 3.15. The second-order valence-corrected chi connectivity index (χ2v) is 8.41. The third-order valence-corrected chi connectivity index (χ3v) is 5.28. The van der Waals surface area contributed by atoms with Crippen molar-refractivity contribution in [1.29, 1.82) is 0 Å². The number of nitrogens with zero attached hydrogens (tertiary/aromatic N) is 5. The van der Waals surface area contributed by atoms with Crippen LogP contribution in [0, 0.1) is 5.41 Å². The average molecular weight is 353 g/mol. The van der Waals surface area contributed by atoms with Crippen LogP contribution in [-0.4, -0.2) is 38.9 Å². The van der Waals surface area contributed by atoms with E-state index in [1.54, 1.807) is 6.20 Å². The van der Waals surface area contributed by atoms with Crippen molar-refractivity contribution >= 4 is 11.6 Å². The van der Waals surface area contributed by atoms with Crippen LogP contribution in [0.4, 0.5) is 5.69 Å². The second kappa shape index (κ2) is 6.41. The first-order valence-corrected chi connectivity index (χ1v) is 9.51. The Labute approximate surface area is 154 Å². The average Bonchev–Trinajstić information content (AvgIpc) is 3.02. The van der Waals surface area contributed by atoms with Crippen LogP contribution in [0.3, 0.4) is 0 Å². The highest BCUT2D eigenvalue weighted by Crippen LogP contribution is 2.30. The van der Waals surface area contributed by atoms with E-state index in [9.17, 15) is 4.79 Å². The summed E-state index contributed by atoms with van der Waals surface area (Å²) in [5.41, 5.74) is 3.95. The SMILES string of the molecule is CC(C)(C)C(=O)N1Cc2cc(N3CCCCC3)ccc2-n2nncc2C1. The molecule has 1 aromatic heterocycles. The van der Waals surface area contributed by atoms with Gasteiger partial charge in [0.2, 0.25) is 5.91 Å². The van der Waals surface area contributed by atoms with Crippen LogP contribution in [0.15, 0.2) is 24.4 Å². The monoisotopic (exact) mass is 353 g/mol. The lowest BCUT2D eigenvalue weighted by molar-refractivity contribution is -0.140. The number of piperidine rings is 1. The Kier molecular flexibility index (Phi) is 4.21. The molecule has 0 atom stereocenters. The van der Waals surface area contributed by atoms with Gasteiger partial charge in [0, 0.05) is 30.7 Å². The van der Waals surface area contributed by atoms with Crippen molar-refractivity contribution in [2.75, 3.05) is 18.0 Å². The summed E-state index contributed by atoms with van der Waals surface area (Å²) in [4.78, 5) is 17.3. The summed E-state index contributed by atoms with van der Waals surface area (Å²) >= 11 is 0. The first-order valence-electron chi connectivity index (χ1n) is 9.51. The number of anilines is 1. The third kappa shape index (κ3) is 3.08. The van der Waals surface area contributed by atoms with Gasteiger partial charge in [-0.25, -0.2) is 4.68 Å². The normalized spacial score (nSPS) is 17.5. The molecule has 2 aliphatic heterocycles. The van der Waals surface area contributed by atoms with E-state index in [1.165, 1.54) is 24.9 Å². The summed E-state index contributed by atoms with van der Waals surface area (Å²) in [6, 6.07) is 6.54. The lowest BCUT2D eigenvalue weighted by Gasteiger charge is -2.30. The zero-order chi connectivity index (χ0) is 18.3. The van der Waals surface area contributed by atoms with Crippen molar-refractivity contribution < 1.29 is 4.79 Å². The van der Waals surface area contributed by atoms with Gasteiger partial charge in [0.25, 0.3) is 0 Å². The molecule has 2 aromatic rings. The molecular weight excluding hydrogens is 326 g/mol. The van der Waals surface area contributed by atoms with E-state index in [0.29, 0.717) is 13.1 Å². The van der Waals surface area contributed by atoms with Crippen molar-refractivity contribution in [2.45, 2.75) is 53.1 Å². The number of benzene rings is 1. The van der Waals surface area contributed by atoms with Crippen molar-refractivity contribution in [3.63, 3.8) is 0 Å². The molecule has 1 fully saturated rings. The Hall–Kier alpha value is -2.37. The maximum atomic E-state index is 13.0. The maximum absolute atomic E-state index is 13.0. The van der Waals surface area contributed by atoms with Gasteiger partial charge in [0.05, 0.1) is 24.1 Å². The van der Waals surface area contributed by atoms with Crippen LogP contribution in [0.1, 0.15) is 51.3 Å². The summed E-state index contributed by atoms with van der Waals surface area (Å²) in [6.07, 6.45) is 5.58. The van der Waals surface area contributed by atoms with Crippen LogP contribution in [0.25, 0.3) is 5.69 Å². The van der Waals surface area contributed by atoms with Gasteiger partial charge in [0.1, 0.15) is 0 Å². The zero-order valence-electron chi connectivity index (χ0n) is 15.9. The maximum Gasteiger partial charge on any atom is 0.228 e. The van der Waals surface area contributed by atoms with Crippen LogP contribution < -0.4 is 4.90 Å². The van der Waals surface area contributed by atoms with Crippen LogP contribution in [0.5, 0.6) is 0 Å². The smallest absolute Gasteiger partial charge is 0.228 e. The highest BCUT2D eigenvalue weighted by molar-refractivity contribution is 5.81. The number of amides is 1. The summed E-state index contributed by atoms with van der Waals surface area (Å²) in [5, 5.41) is 8.35. The van der Waals surface area contributed by atoms with Gasteiger partial charge >= 0.3 is 0 Å². The Morgan fingerprint density at radius 2 is 1.85 bits per heavy atom. The van der Waals surface area contributed by atoms with E-state index in [1.807, 2.05) is 30.4 Å². The minimum absolute atomic E-state index is 0.154. The molecule has 0 aliphatic carbocycles. The first-order chi connectivity index (χ1) is 12.4. The fraction of sp³-hybridized carbons (Fsp3) is 0.550. The molecule has 6 heteroatoms. The molecule has 6 nitrogen and oxygen atoms in total. The van der Waals surface area contributed by atoms with E-state index < -0.39 is 5.41 Å². The predicted molar refractivity (Wildman–Crippen MR) is 101 cm³/mol. The number of carbonyl (C=O) groups excluding carboxylic acids is 1. The largest absolute Gasteiger partial charge is 0.372 e. The molecule has 2 aliphatic rings. The molecule has 0 spiro atoms. The minimum atomic E-state index is -0.409. The van der Waals surface area contributed by atoms with E-state index in [0.717, 1.165) is 30.0 Å². The summed E-state index contributed by atoms with van der Waals surface area (Å²) < 4.78 is 1.88. The van der Waals surface area contributed by atoms with E-state index >= 15 is 0 Å². The zero-order valence-corrected chi connectivity index (χ0v) is 15.9. The molecule has 1 amide bonds. The Balaban J connectivity index is 1.74. The quantitative estimate of drug-likeness (QED) is 0.790. The summed E-state index contributed by atoms with van der Waals surface area (Å²) in [7, 11) is 0. The lowest BCUT2D eigenvalue weighted by atomic mass is 9.94. The Bertz CT molecular complexity index is 814. The van der Waals surface area contributed by atoms with Gasteiger partial charge in [-0.2, -0.15) is 0 Å². The molecule has 3 heterocycles. The van der Waals surface area contributed by atoms with E-state index in [2.05, 4.69) is 33.4 Å². The molecule has 4 rings (SSSR count). The van der Waals surface area contributed by atoms with Gasteiger partial charge in [-0.3, -0.25) is 4.79 Å². The highest BCUT2D eigenvalue weighted by atomic mass is 16.2. The fourth-order valence-corrected chi connectivity index (χ4v) is 3.90. The number of hydrogen-bond acceptors (Lipinski definition) is 4. The molecule has 0 N–H and O–H groups in total. The molecule has 1 saturated heterocycles. The molecule has 0 saturated carbocycles. The highest BCUT2D eigenvalue weighted by Gasteiger charge is 2.31. The number of fused-ring (bicyclic) bond motifs is 3. The Morgan fingerprint density at radius 3 is 2.58 bits per heavy atom. The van der Waals surface area contributed by atoms with Crippen LogP contribution in [-0.2, 0) is 17.9 Å². The molecule has 26 heavy (non-hydrogen) atoms. The van der Waals surface area contributed by atoms with Crippen molar-refractivity contribution in [3.8, 4) is 5.69 Å². The minimum Gasteiger partial charge on any atom is -0.372 e. The standard InChI is InChI=1S/C20H27N5O/c1-20(2,3)19(26)24-13-15-11-16(23-9-5-4-6-10-23)7-8-18(15)25-17(14-24)12-21-22-25/h7-8,11-12H,4-6,9-10,13-14H2,1-3H3. The number of hydrogen-bond donors (Lipinski definition) is 0. The topological polar surface area (TPSA) is 54.3 Å². The van der Waals surface area contributed by atoms with Crippen LogP contribution >= 0.6 is 0 Å². The number of aromatic nitrogens is 3. The number of rotatable bonds is 1. The Morgan fingerprint density at radius 1 is 1.08 bits per heavy atom. The van der Waals surface area contributed by atoms with Gasteiger partial charge < -0.3 is 9.80 Å². The summed E-state index contributed by atoms with van der Waals surface area (Å²) in [6.45, 7) is 9.28. The van der Waals surface area contributed by atoms with E-state index in [4.69, 9.17) is 0 Å². The first kappa shape index (κ1) is 17.1. The van der Waals surface area contributed by atoms with E-state index in [-0.39, 0.29) is 5.91 Å². The van der Waals surface area contributed by atoms with Gasteiger partial charge in [-0.05, 0) is 43.0 Å². The van der Waals surface area contributed by atoms with Crippen molar-refractivity contribution in [3.05, 3.63) is 35.7 Å². The van der Waals surface area contributed by atoms with Crippen LogP contribution in [0.2, 0.25) is 0 Å². The third-order valence-electron chi connectivity index (χ3n) is 5.28. The molecule has 0 unspecified atom stereocenters. The van der Waals surface area contributed by atoms with Gasteiger partial charge in [-0.15, -0.1) is 5.10 Å². The van der Waals surface area contributed by atoms with Gasteiger partial charge in [-0.1, -0.05) is 26.0 Å². The molecular formula is C20H27N5O. The fourth-order valence-electron chi connectivity index (χ4n) is 3.90.